The molecule has 0 spiro atoms. The van der Waals surface area contributed by atoms with Gasteiger partial charge in [0.1, 0.15) is 0 Å². The Balaban J connectivity index is 1.55. The van der Waals surface area contributed by atoms with Gasteiger partial charge in [0.15, 0.2) is 0 Å². The van der Waals surface area contributed by atoms with Crippen LogP contribution in [0.5, 0.6) is 0 Å². The molecule has 0 unspecified atom stereocenters. The molecule has 0 aliphatic heterocycles. The SMILES string of the molecule is CCN(C(=O)CCc1nnc(-c2ccsc2)o1)C1CCCCC1. The minimum absolute atomic E-state index is 0.203. The summed E-state index contributed by atoms with van der Waals surface area (Å²) in [4.78, 5) is 14.6. The number of aromatic nitrogens is 2. The summed E-state index contributed by atoms with van der Waals surface area (Å²) >= 11 is 1.60. The third-order valence-electron chi connectivity index (χ3n) is 4.46. The Hall–Kier alpha value is -1.69. The average molecular weight is 333 g/mol. The molecule has 1 fully saturated rings. The van der Waals surface area contributed by atoms with Crippen molar-refractivity contribution in [2.45, 2.75) is 57.9 Å². The van der Waals surface area contributed by atoms with Gasteiger partial charge in [-0.1, -0.05) is 19.3 Å². The number of nitrogens with zero attached hydrogens (tertiary/aromatic N) is 3. The molecular formula is C17H23N3O2S. The summed E-state index contributed by atoms with van der Waals surface area (Å²) in [5.41, 5.74) is 0.942. The van der Waals surface area contributed by atoms with Gasteiger partial charge >= 0.3 is 0 Å². The predicted molar refractivity (Wildman–Crippen MR) is 90.2 cm³/mol. The fourth-order valence-electron chi connectivity index (χ4n) is 3.25. The van der Waals surface area contributed by atoms with E-state index in [1.54, 1.807) is 11.3 Å². The van der Waals surface area contributed by atoms with Crippen LogP contribution in [0, 0.1) is 0 Å². The standard InChI is InChI=1S/C17H23N3O2S/c1-2-20(14-6-4-3-5-7-14)16(21)9-8-15-18-19-17(22-15)13-10-11-23-12-13/h10-12,14H,2-9H2,1H3. The molecule has 0 aromatic carbocycles. The van der Waals surface area contributed by atoms with Crippen molar-refractivity contribution in [1.29, 1.82) is 0 Å². The molecular weight excluding hydrogens is 310 g/mol. The van der Waals surface area contributed by atoms with Gasteiger partial charge in [0.2, 0.25) is 17.7 Å². The highest BCUT2D eigenvalue weighted by molar-refractivity contribution is 7.08. The highest BCUT2D eigenvalue weighted by Crippen LogP contribution is 2.24. The summed E-state index contributed by atoms with van der Waals surface area (Å²) in [6, 6.07) is 2.37. The molecule has 1 saturated carbocycles. The maximum Gasteiger partial charge on any atom is 0.248 e. The second-order valence-corrected chi connectivity index (χ2v) is 6.76. The van der Waals surface area contributed by atoms with E-state index in [0.717, 1.165) is 24.9 Å². The smallest absolute Gasteiger partial charge is 0.248 e. The highest BCUT2D eigenvalue weighted by Gasteiger charge is 2.24. The van der Waals surface area contributed by atoms with Gasteiger partial charge in [0.05, 0.1) is 0 Å². The molecule has 5 nitrogen and oxygen atoms in total. The van der Waals surface area contributed by atoms with Gasteiger partial charge in [-0.15, -0.1) is 10.2 Å². The number of aryl methyl sites for hydroxylation is 1. The van der Waals surface area contributed by atoms with E-state index < -0.39 is 0 Å². The summed E-state index contributed by atoms with van der Waals surface area (Å²) < 4.78 is 5.65. The second kappa shape index (κ2) is 7.73. The molecule has 23 heavy (non-hydrogen) atoms. The topological polar surface area (TPSA) is 59.2 Å². The van der Waals surface area contributed by atoms with E-state index in [1.807, 2.05) is 21.7 Å². The van der Waals surface area contributed by atoms with E-state index in [2.05, 4.69) is 17.1 Å². The third kappa shape index (κ3) is 3.99. The number of carbonyl (C=O) groups is 1. The Morgan fingerprint density at radius 2 is 2.17 bits per heavy atom. The summed E-state index contributed by atoms with van der Waals surface area (Å²) in [6.07, 6.45) is 7.01. The van der Waals surface area contributed by atoms with Gasteiger partial charge < -0.3 is 9.32 Å². The van der Waals surface area contributed by atoms with E-state index in [1.165, 1.54) is 19.3 Å². The van der Waals surface area contributed by atoms with Gasteiger partial charge in [0, 0.05) is 36.4 Å². The number of carbonyl (C=O) groups excluding carboxylic acids is 1. The van der Waals surface area contributed by atoms with Crippen LogP contribution in [0.2, 0.25) is 0 Å². The summed E-state index contributed by atoms with van der Waals surface area (Å²) in [5, 5.41) is 12.1. The van der Waals surface area contributed by atoms with Crippen LogP contribution in [-0.2, 0) is 11.2 Å². The third-order valence-corrected chi connectivity index (χ3v) is 5.15. The van der Waals surface area contributed by atoms with Crippen LogP contribution in [-0.4, -0.2) is 33.6 Å². The van der Waals surface area contributed by atoms with Crippen LogP contribution in [0.4, 0.5) is 0 Å². The van der Waals surface area contributed by atoms with Crippen molar-refractivity contribution in [1.82, 2.24) is 15.1 Å². The quantitative estimate of drug-likeness (QED) is 0.804. The van der Waals surface area contributed by atoms with Crippen molar-refractivity contribution in [2.75, 3.05) is 6.54 Å². The zero-order valence-electron chi connectivity index (χ0n) is 13.5. The minimum Gasteiger partial charge on any atom is -0.421 e. The lowest BCUT2D eigenvalue weighted by atomic mass is 9.94. The number of hydrogen-bond donors (Lipinski definition) is 0. The number of rotatable bonds is 6. The molecule has 0 saturated heterocycles. The van der Waals surface area contributed by atoms with Crippen molar-refractivity contribution in [3.63, 3.8) is 0 Å². The maximum atomic E-state index is 12.5. The second-order valence-electron chi connectivity index (χ2n) is 5.98. The van der Waals surface area contributed by atoms with E-state index in [4.69, 9.17) is 4.42 Å². The number of amides is 1. The first-order valence-electron chi connectivity index (χ1n) is 8.42. The Labute approximate surface area is 140 Å². The van der Waals surface area contributed by atoms with Crippen LogP contribution in [0.25, 0.3) is 11.5 Å². The summed E-state index contributed by atoms with van der Waals surface area (Å²) in [5.74, 6) is 1.28. The van der Waals surface area contributed by atoms with E-state index >= 15 is 0 Å². The molecule has 2 aromatic heterocycles. The van der Waals surface area contributed by atoms with Crippen LogP contribution in [0.1, 0.15) is 51.3 Å². The zero-order chi connectivity index (χ0) is 16.1. The largest absolute Gasteiger partial charge is 0.421 e. The van der Waals surface area contributed by atoms with E-state index in [0.29, 0.717) is 30.7 Å². The van der Waals surface area contributed by atoms with Crippen LogP contribution in [0.3, 0.4) is 0 Å². The highest BCUT2D eigenvalue weighted by atomic mass is 32.1. The first-order valence-corrected chi connectivity index (χ1v) is 9.36. The Kier molecular flexibility index (Phi) is 5.43. The molecule has 0 N–H and O–H groups in total. The molecule has 1 aliphatic rings. The van der Waals surface area contributed by atoms with Crippen LogP contribution in [0.15, 0.2) is 21.2 Å². The molecule has 2 aromatic rings. The molecule has 0 radical (unpaired) electrons. The average Bonchev–Trinajstić information content (AvgIpc) is 3.26. The van der Waals surface area contributed by atoms with Crippen LogP contribution < -0.4 is 0 Å². The van der Waals surface area contributed by atoms with Crippen molar-refractivity contribution in [3.05, 3.63) is 22.7 Å². The molecule has 3 rings (SSSR count). The van der Waals surface area contributed by atoms with Crippen molar-refractivity contribution >= 4 is 17.2 Å². The molecule has 2 heterocycles. The normalized spacial score (nSPS) is 15.7. The fourth-order valence-corrected chi connectivity index (χ4v) is 3.88. The molecule has 0 atom stereocenters. The Morgan fingerprint density at radius 3 is 2.87 bits per heavy atom. The van der Waals surface area contributed by atoms with Crippen molar-refractivity contribution in [3.8, 4) is 11.5 Å². The van der Waals surface area contributed by atoms with Gasteiger partial charge in [-0.25, -0.2) is 0 Å². The minimum atomic E-state index is 0.203. The van der Waals surface area contributed by atoms with Gasteiger partial charge in [-0.2, -0.15) is 11.3 Å². The maximum absolute atomic E-state index is 12.5. The van der Waals surface area contributed by atoms with Crippen molar-refractivity contribution < 1.29 is 9.21 Å². The molecule has 0 bridgehead atoms. The van der Waals surface area contributed by atoms with Crippen LogP contribution >= 0.6 is 11.3 Å². The van der Waals surface area contributed by atoms with Gasteiger partial charge in [0.25, 0.3) is 0 Å². The lowest BCUT2D eigenvalue weighted by molar-refractivity contribution is -0.134. The predicted octanol–water partition coefficient (Wildman–Crippen LogP) is 3.91. The Bertz CT molecular complexity index is 618. The summed E-state index contributed by atoms with van der Waals surface area (Å²) in [7, 11) is 0. The van der Waals surface area contributed by atoms with Gasteiger partial charge in [-0.3, -0.25) is 4.79 Å². The lowest BCUT2D eigenvalue weighted by Crippen LogP contribution is -2.41. The molecule has 1 amide bonds. The van der Waals surface area contributed by atoms with Crippen molar-refractivity contribution in [2.24, 2.45) is 0 Å². The first-order chi connectivity index (χ1) is 11.3. The van der Waals surface area contributed by atoms with E-state index in [-0.39, 0.29) is 5.91 Å². The first kappa shape index (κ1) is 16.2. The lowest BCUT2D eigenvalue weighted by Gasteiger charge is -2.33. The Morgan fingerprint density at radius 1 is 1.35 bits per heavy atom. The zero-order valence-corrected chi connectivity index (χ0v) is 14.3. The monoisotopic (exact) mass is 333 g/mol. The molecule has 6 heteroatoms. The number of thiophene rings is 1. The van der Waals surface area contributed by atoms with Gasteiger partial charge in [-0.05, 0) is 31.2 Å². The fraction of sp³-hybridized carbons (Fsp3) is 0.588. The van der Waals surface area contributed by atoms with E-state index in [9.17, 15) is 4.79 Å². The molecule has 124 valence electrons. The number of hydrogen-bond acceptors (Lipinski definition) is 5. The summed E-state index contributed by atoms with van der Waals surface area (Å²) in [6.45, 7) is 2.85. The molecule has 1 aliphatic carbocycles.